The number of carbonyl (C=O) groups excluding carboxylic acids is 2. The molecule has 0 aliphatic heterocycles. The summed E-state index contributed by atoms with van der Waals surface area (Å²) in [5.41, 5.74) is 0.913. The van der Waals surface area contributed by atoms with Crippen molar-refractivity contribution in [3.8, 4) is 0 Å². The van der Waals surface area contributed by atoms with E-state index in [1.165, 1.54) is 18.2 Å². The van der Waals surface area contributed by atoms with Gasteiger partial charge in [-0.3, -0.25) is 9.59 Å². The molecule has 0 aliphatic rings. The average Bonchev–Trinajstić information content (AvgIpc) is 2.76. The number of aromatic nitrogens is 1. The number of anilines is 1. The third-order valence-electron chi connectivity index (χ3n) is 2.34. The van der Waals surface area contributed by atoms with E-state index in [0.29, 0.717) is 17.5 Å². The summed E-state index contributed by atoms with van der Waals surface area (Å²) in [4.78, 5) is 22.1. The molecule has 0 bridgehead atoms. The molecule has 18 heavy (non-hydrogen) atoms. The molecule has 5 heteroatoms. The van der Waals surface area contributed by atoms with E-state index in [2.05, 4.69) is 5.32 Å². The summed E-state index contributed by atoms with van der Waals surface area (Å²) >= 11 is 0. The fraction of sp³-hybridized carbons (Fsp3) is 0.0769. The van der Waals surface area contributed by atoms with Crippen LogP contribution in [0.25, 0.3) is 0 Å². The zero-order valence-electron chi connectivity index (χ0n) is 9.47. The van der Waals surface area contributed by atoms with Crippen molar-refractivity contribution >= 4 is 17.9 Å². The molecule has 0 radical (unpaired) electrons. The van der Waals surface area contributed by atoms with E-state index in [4.69, 9.17) is 0 Å². The molecule has 0 saturated heterocycles. The first-order valence-corrected chi connectivity index (χ1v) is 5.34. The maximum Gasteiger partial charge on any atom is 0.244 e. The Labute approximate surface area is 103 Å². The number of hydrogen-bond donors (Lipinski definition) is 1. The number of rotatable bonds is 4. The Balaban J connectivity index is 1.98. The summed E-state index contributed by atoms with van der Waals surface area (Å²) in [7, 11) is 0. The van der Waals surface area contributed by atoms with Crippen molar-refractivity contribution in [1.29, 1.82) is 0 Å². The van der Waals surface area contributed by atoms with Crippen molar-refractivity contribution in [1.82, 2.24) is 4.57 Å². The van der Waals surface area contributed by atoms with Gasteiger partial charge in [-0.05, 0) is 24.3 Å². The molecular formula is C13H11FN2O2. The van der Waals surface area contributed by atoms with Crippen LogP contribution in [-0.2, 0) is 11.3 Å². The molecule has 2 aromatic rings. The van der Waals surface area contributed by atoms with E-state index in [9.17, 15) is 14.0 Å². The lowest BCUT2D eigenvalue weighted by Gasteiger charge is -2.05. The van der Waals surface area contributed by atoms with Gasteiger partial charge in [0, 0.05) is 23.6 Å². The van der Waals surface area contributed by atoms with Gasteiger partial charge in [0.1, 0.15) is 12.4 Å². The second-order valence-corrected chi connectivity index (χ2v) is 3.79. The van der Waals surface area contributed by atoms with E-state index >= 15 is 0 Å². The lowest BCUT2D eigenvalue weighted by atomic mass is 10.3. The van der Waals surface area contributed by atoms with Crippen molar-refractivity contribution in [3.05, 3.63) is 54.1 Å². The molecule has 4 nitrogen and oxygen atoms in total. The van der Waals surface area contributed by atoms with E-state index < -0.39 is 5.82 Å². The fourth-order valence-electron chi connectivity index (χ4n) is 1.56. The molecule has 0 aliphatic carbocycles. The Bertz CT molecular complexity index is 578. The van der Waals surface area contributed by atoms with Gasteiger partial charge in [-0.15, -0.1) is 0 Å². The van der Waals surface area contributed by atoms with E-state index in [-0.39, 0.29) is 12.5 Å². The maximum atomic E-state index is 12.9. The lowest BCUT2D eigenvalue weighted by molar-refractivity contribution is -0.116. The number of nitrogens with one attached hydrogen (secondary N) is 1. The first-order valence-electron chi connectivity index (χ1n) is 5.34. The normalized spacial score (nSPS) is 10.1. The first-order chi connectivity index (χ1) is 8.67. The summed E-state index contributed by atoms with van der Waals surface area (Å²) in [5, 5.41) is 2.57. The van der Waals surface area contributed by atoms with Gasteiger partial charge in [-0.1, -0.05) is 6.07 Å². The molecule has 92 valence electrons. The molecule has 0 fully saturated rings. The number of amides is 1. The van der Waals surface area contributed by atoms with Crippen LogP contribution in [0.15, 0.2) is 42.7 Å². The summed E-state index contributed by atoms with van der Waals surface area (Å²) in [6, 6.07) is 7.28. The zero-order valence-corrected chi connectivity index (χ0v) is 9.47. The third kappa shape index (κ3) is 3.04. The molecule has 0 saturated carbocycles. The maximum absolute atomic E-state index is 12.9. The highest BCUT2D eigenvalue weighted by Gasteiger charge is 2.04. The minimum atomic E-state index is -0.406. The van der Waals surface area contributed by atoms with Crippen LogP contribution >= 0.6 is 0 Å². The fourth-order valence-corrected chi connectivity index (χ4v) is 1.56. The van der Waals surface area contributed by atoms with Crippen LogP contribution in [0.1, 0.15) is 10.4 Å². The van der Waals surface area contributed by atoms with Gasteiger partial charge < -0.3 is 9.88 Å². The Morgan fingerprint density at radius 1 is 1.39 bits per heavy atom. The highest BCUT2D eigenvalue weighted by molar-refractivity contribution is 5.90. The van der Waals surface area contributed by atoms with Crippen molar-refractivity contribution in [2.24, 2.45) is 0 Å². The molecule has 1 aromatic carbocycles. The van der Waals surface area contributed by atoms with Gasteiger partial charge >= 0.3 is 0 Å². The standard InChI is InChI=1S/C13H11FN2O2/c14-11-2-1-3-12(6-11)15-13(18)8-16-5-4-10(7-16)9-17/h1-7,9H,8H2,(H,15,18). The largest absolute Gasteiger partial charge is 0.344 e. The minimum absolute atomic E-state index is 0.0738. The van der Waals surface area contributed by atoms with Crippen LogP contribution < -0.4 is 5.32 Å². The highest BCUT2D eigenvalue weighted by Crippen LogP contribution is 2.09. The number of halogens is 1. The van der Waals surface area contributed by atoms with E-state index in [0.717, 1.165) is 0 Å². The van der Waals surface area contributed by atoms with Gasteiger partial charge in [0.2, 0.25) is 5.91 Å². The smallest absolute Gasteiger partial charge is 0.244 e. The van der Waals surface area contributed by atoms with Crippen LogP contribution in [0, 0.1) is 5.82 Å². The molecule has 1 heterocycles. The van der Waals surface area contributed by atoms with Gasteiger partial charge in [-0.25, -0.2) is 4.39 Å². The van der Waals surface area contributed by atoms with Crippen molar-refractivity contribution in [2.45, 2.75) is 6.54 Å². The van der Waals surface area contributed by atoms with Crippen LogP contribution in [0.5, 0.6) is 0 Å². The molecule has 0 atom stereocenters. The van der Waals surface area contributed by atoms with Crippen molar-refractivity contribution < 1.29 is 14.0 Å². The predicted octanol–water partition coefficient (Wildman–Crippen LogP) is 2.08. The number of carbonyl (C=O) groups is 2. The second-order valence-electron chi connectivity index (χ2n) is 3.79. The molecule has 0 unspecified atom stereocenters. The first kappa shape index (κ1) is 12.0. The summed E-state index contributed by atoms with van der Waals surface area (Å²) in [6.45, 7) is 0.0738. The van der Waals surface area contributed by atoms with Crippen LogP contribution in [-0.4, -0.2) is 16.8 Å². The zero-order chi connectivity index (χ0) is 13.0. The summed E-state index contributed by atoms with van der Waals surface area (Å²) < 4.78 is 14.5. The summed E-state index contributed by atoms with van der Waals surface area (Å²) in [5.74, 6) is -0.689. The van der Waals surface area contributed by atoms with Crippen LogP contribution in [0.2, 0.25) is 0 Å². The summed E-state index contributed by atoms with van der Waals surface area (Å²) in [6.07, 6.45) is 3.91. The molecule has 1 N–H and O–H groups in total. The Hall–Kier alpha value is -2.43. The number of aldehydes is 1. The Morgan fingerprint density at radius 3 is 2.89 bits per heavy atom. The molecule has 0 spiro atoms. The lowest BCUT2D eigenvalue weighted by Crippen LogP contribution is -2.17. The topological polar surface area (TPSA) is 51.1 Å². The Kier molecular flexibility index (Phi) is 3.52. The second kappa shape index (κ2) is 5.27. The van der Waals surface area contributed by atoms with Crippen LogP contribution in [0.4, 0.5) is 10.1 Å². The van der Waals surface area contributed by atoms with Gasteiger partial charge in [-0.2, -0.15) is 0 Å². The van der Waals surface area contributed by atoms with E-state index in [1.807, 2.05) is 0 Å². The van der Waals surface area contributed by atoms with Crippen molar-refractivity contribution in [2.75, 3.05) is 5.32 Å². The third-order valence-corrected chi connectivity index (χ3v) is 2.34. The van der Waals surface area contributed by atoms with Crippen molar-refractivity contribution in [3.63, 3.8) is 0 Å². The number of benzene rings is 1. The van der Waals surface area contributed by atoms with Gasteiger partial charge in [0.25, 0.3) is 0 Å². The quantitative estimate of drug-likeness (QED) is 0.840. The average molecular weight is 246 g/mol. The SMILES string of the molecule is O=Cc1ccn(CC(=O)Nc2cccc(F)c2)c1. The highest BCUT2D eigenvalue weighted by atomic mass is 19.1. The predicted molar refractivity (Wildman–Crippen MR) is 64.8 cm³/mol. The number of hydrogen-bond acceptors (Lipinski definition) is 2. The Morgan fingerprint density at radius 2 is 2.22 bits per heavy atom. The molecule has 1 aromatic heterocycles. The van der Waals surface area contributed by atoms with Crippen LogP contribution in [0.3, 0.4) is 0 Å². The molecule has 2 rings (SSSR count). The molecular weight excluding hydrogens is 235 g/mol. The minimum Gasteiger partial charge on any atom is -0.344 e. The number of nitrogens with zero attached hydrogens (tertiary/aromatic N) is 1. The molecule has 1 amide bonds. The van der Waals surface area contributed by atoms with E-state index in [1.54, 1.807) is 29.1 Å². The van der Waals surface area contributed by atoms with Gasteiger partial charge in [0.15, 0.2) is 6.29 Å². The van der Waals surface area contributed by atoms with Gasteiger partial charge in [0.05, 0.1) is 0 Å². The monoisotopic (exact) mass is 246 g/mol.